The van der Waals surface area contributed by atoms with Gasteiger partial charge in [0.2, 0.25) is 0 Å². The summed E-state index contributed by atoms with van der Waals surface area (Å²) in [5.41, 5.74) is 0. The zero-order valence-corrected chi connectivity index (χ0v) is 15.4. The molecule has 0 saturated carbocycles. The maximum Gasteiger partial charge on any atom is 0.407 e. The highest BCUT2D eigenvalue weighted by Crippen LogP contribution is 2.15. The zero-order valence-electron chi connectivity index (χ0n) is 14.4. The molecule has 0 aliphatic carbocycles. The van der Waals surface area contributed by atoms with E-state index in [1.165, 1.54) is 0 Å². The third kappa shape index (κ3) is 8.68. The van der Waals surface area contributed by atoms with Crippen molar-refractivity contribution in [3.05, 3.63) is 30.6 Å². The largest absolute Gasteiger partial charge is 0.443 e. The van der Waals surface area contributed by atoms with Crippen molar-refractivity contribution in [2.75, 3.05) is 26.4 Å². The van der Waals surface area contributed by atoms with Gasteiger partial charge in [-0.25, -0.2) is 9.36 Å². The van der Waals surface area contributed by atoms with Gasteiger partial charge in [0.1, 0.15) is 0 Å². The minimum absolute atomic E-state index is 0.352. The number of nitrogens with one attached hydrogen (secondary N) is 1. The number of alkyl carbamates (subject to hydrolysis) is 1. The van der Waals surface area contributed by atoms with E-state index in [2.05, 4.69) is 11.9 Å². The van der Waals surface area contributed by atoms with Crippen LogP contribution in [-0.2, 0) is 20.1 Å². The lowest BCUT2D eigenvalue weighted by molar-refractivity contribution is -0.697. The number of nitrogens with zero attached hydrogens (tertiary/aromatic N) is 1. The maximum absolute atomic E-state index is 11.6. The molecule has 0 fully saturated rings. The summed E-state index contributed by atoms with van der Waals surface area (Å²) in [6, 6.07) is 6.69. The molecule has 1 rings (SSSR count). The Bertz CT molecular complexity index is 439. The molecule has 0 aliphatic rings. The van der Waals surface area contributed by atoms with Crippen molar-refractivity contribution >= 4 is 14.7 Å². The van der Waals surface area contributed by atoms with Gasteiger partial charge in [-0.15, -0.1) is 0 Å². The highest BCUT2D eigenvalue weighted by atomic mass is 28.4. The van der Waals surface area contributed by atoms with Crippen molar-refractivity contribution in [2.24, 2.45) is 0 Å². The lowest BCUT2D eigenvalue weighted by Gasteiger charge is -2.25. The van der Waals surface area contributed by atoms with Crippen LogP contribution in [0.3, 0.4) is 0 Å². The van der Waals surface area contributed by atoms with E-state index in [-0.39, 0.29) is 6.09 Å². The van der Waals surface area contributed by atoms with Gasteiger partial charge in [-0.3, -0.25) is 0 Å². The number of hydrogen-bond donors (Lipinski definition) is 1. The van der Waals surface area contributed by atoms with Crippen molar-refractivity contribution in [3.63, 3.8) is 0 Å². The molecule has 1 heterocycles. The first-order chi connectivity index (χ1) is 11.1. The predicted octanol–water partition coefficient (Wildman–Crippen LogP) is 2.24. The average Bonchev–Trinajstić information content (AvgIpc) is 2.53. The van der Waals surface area contributed by atoms with Crippen LogP contribution in [0.2, 0.25) is 12.6 Å². The van der Waals surface area contributed by atoms with E-state index in [0.29, 0.717) is 32.9 Å². The summed E-state index contributed by atoms with van der Waals surface area (Å²) in [5.74, 6) is 0. The molecule has 0 aliphatic heterocycles. The van der Waals surface area contributed by atoms with Gasteiger partial charge < -0.3 is 18.9 Å². The molecular weight excluding hydrogens is 312 g/mol. The van der Waals surface area contributed by atoms with Crippen molar-refractivity contribution in [3.8, 4) is 0 Å². The first kappa shape index (κ1) is 19.6. The monoisotopic (exact) mass is 341 g/mol. The molecular formula is C16H29N2O4Si+. The van der Waals surface area contributed by atoms with E-state index in [0.717, 1.165) is 12.5 Å². The number of pyridine rings is 1. The van der Waals surface area contributed by atoms with Gasteiger partial charge >= 0.3 is 14.7 Å². The third-order valence-electron chi connectivity index (χ3n) is 3.34. The topological polar surface area (TPSA) is 60.7 Å². The summed E-state index contributed by atoms with van der Waals surface area (Å²) in [6.07, 6.45) is 4.32. The van der Waals surface area contributed by atoms with E-state index in [1.807, 2.05) is 49.0 Å². The average molecular weight is 342 g/mol. The van der Waals surface area contributed by atoms with E-state index in [4.69, 9.17) is 13.6 Å². The van der Waals surface area contributed by atoms with Gasteiger partial charge in [0.05, 0.1) is 0 Å². The highest BCUT2D eigenvalue weighted by molar-refractivity contribution is 6.66. The molecule has 0 atom stereocenters. The van der Waals surface area contributed by atoms with Gasteiger partial charge in [-0.05, 0) is 32.9 Å². The second kappa shape index (κ2) is 11.1. The molecule has 23 heavy (non-hydrogen) atoms. The Morgan fingerprint density at radius 2 is 1.78 bits per heavy atom. The molecule has 0 radical (unpaired) electrons. The van der Waals surface area contributed by atoms with Crippen molar-refractivity contribution < 1.29 is 23.0 Å². The fourth-order valence-electron chi connectivity index (χ4n) is 2.27. The standard InChI is InChI=1S/C16H28N2O4Si/c1-4-21-23(3,22-5-2)15-9-10-17-16(19)20-14-13-18-11-7-6-8-12-18/h6-8,11-12H,4-5,9-10,13-15H2,1-3H3/p+1. The van der Waals surface area contributed by atoms with Crippen LogP contribution in [0.5, 0.6) is 0 Å². The molecule has 130 valence electrons. The SMILES string of the molecule is CCO[Si](C)(CCCNC(=O)OCC[n+]1ccccc1)OCC. The number of ether oxygens (including phenoxy) is 1. The first-order valence-corrected chi connectivity index (χ1v) is 10.7. The van der Waals surface area contributed by atoms with Gasteiger partial charge in [-0.1, -0.05) is 6.07 Å². The minimum atomic E-state index is -2.09. The maximum atomic E-state index is 11.6. The molecule has 0 saturated heterocycles. The number of carbonyl (C=O) groups is 1. The van der Waals surface area contributed by atoms with Crippen LogP contribution < -0.4 is 9.88 Å². The summed E-state index contributed by atoms with van der Waals surface area (Å²) < 4.78 is 18.6. The number of amides is 1. The summed E-state index contributed by atoms with van der Waals surface area (Å²) >= 11 is 0. The van der Waals surface area contributed by atoms with Gasteiger partial charge in [-0.2, -0.15) is 0 Å². The smallest absolute Gasteiger partial charge is 0.407 e. The van der Waals surface area contributed by atoms with Gasteiger partial charge in [0.15, 0.2) is 25.5 Å². The normalized spacial score (nSPS) is 11.3. The Morgan fingerprint density at radius 1 is 1.13 bits per heavy atom. The fraction of sp³-hybridized carbons (Fsp3) is 0.625. The van der Waals surface area contributed by atoms with Crippen molar-refractivity contribution in [1.29, 1.82) is 0 Å². The lowest BCUT2D eigenvalue weighted by atomic mass is 10.5. The van der Waals surface area contributed by atoms with Crippen LogP contribution in [-0.4, -0.2) is 41.0 Å². The second-order valence-corrected chi connectivity index (χ2v) is 8.62. The molecule has 0 spiro atoms. The minimum Gasteiger partial charge on any atom is -0.443 e. The Kier molecular flexibility index (Phi) is 9.50. The summed E-state index contributed by atoms with van der Waals surface area (Å²) in [7, 11) is -2.09. The van der Waals surface area contributed by atoms with Crippen LogP contribution in [0.4, 0.5) is 4.79 Å². The molecule has 1 aromatic rings. The highest BCUT2D eigenvalue weighted by Gasteiger charge is 2.29. The summed E-state index contributed by atoms with van der Waals surface area (Å²) in [4.78, 5) is 11.6. The molecule has 1 amide bonds. The first-order valence-electron chi connectivity index (χ1n) is 8.22. The van der Waals surface area contributed by atoms with Crippen molar-refractivity contribution in [2.45, 2.75) is 39.4 Å². The number of carbonyl (C=O) groups excluding carboxylic acids is 1. The van der Waals surface area contributed by atoms with Crippen molar-refractivity contribution in [1.82, 2.24) is 5.32 Å². The number of hydrogen-bond acceptors (Lipinski definition) is 4. The van der Waals surface area contributed by atoms with Crippen LogP contribution >= 0.6 is 0 Å². The summed E-state index contributed by atoms with van der Waals surface area (Å²) in [5, 5.41) is 2.77. The number of rotatable bonds is 11. The predicted molar refractivity (Wildman–Crippen MR) is 90.3 cm³/mol. The van der Waals surface area contributed by atoms with Crippen LogP contribution in [0, 0.1) is 0 Å². The molecule has 6 nitrogen and oxygen atoms in total. The van der Waals surface area contributed by atoms with E-state index in [9.17, 15) is 4.79 Å². The summed E-state index contributed by atoms with van der Waals surface area (Å²) in [6.45, 7) is 8.91. The molecule has 0 unspecified atom stereocenters. The molecule has 0 aromatic carbocycles. The zero-order chi connectivity index (χ0) is 17.0. The molecule has 7 heteroatoms. The molecule has 1 N–H and O–H groups in total. The quantitative estimate of drug-likeness (QED) is 0.381. The molecule has 1 aromatic heterocycles. The second-order valence-electron chi connectivity index (χ2n) is 5.28. The van der Waals surface area contributed by atoms with Crippen LogP contribution in [0.15, 0.2) is 30.6 Å². The van der Waals surface area contributed by atoms with Gasteiger partial charge in [0, 0.05) is 31.9 Å². The van der Waals surface area contributed by atoms with Gasteiger partial charge in [0.25, 0.3) is 0 Å². The van der Waals surface area contributed by atoms with Crippen LogP contribution in [0.1, 0.15) is 20.3 Å². The Hall–Kier alpha value is -1.44. The van der Waals surface area contributed by atoms with E-state index < -0.39 is 8.56 Å². The third-order valence-corrected chi connectivity index (χ3v) is 6.40. The molecule has 0 bridgehead atoms. The van der Waals surface area contributed by atoms with Crippen LogP contribution in [0.25, 0.3) is 0 Å². The Morgan fingerprint density at radius 3 is 2.39 bits per heavy atom. The Labute approximate surface area is 140 Å². The lowest BCUT2D eigenvalue weighted by Crippen LogP contribution is -2.40. The Balaban J connectivity index is 2.13. The van der Waals surface area contributed by atoms with E-state index >= 15 is 0 Å². The number of aromatic nitrogens is 1. The fourth-order valence-corrected chi connectivity index (χ4v) is 4.69. The van der Waals surface area contributed by atoms with E-state index in [1.54, 1.807) is 0 Å².